The third kappa shape index (κ3) is 10.3. The Hall–Kier alpha value is -0.210. The van der Waals surface area contributed by atoms with Crippen LogP contribution in [0.25, 0.3) is 0 Å². The molecule has 6 nitrogen and oxygen atoms in total. The number of sulfonamides is 1. The van der Waals surface area contributed by atoms with Crippen molar-refractivity contribution in [1.82, 2.24) is 10.0 Å². The fourth-order valence-electron chi connectivity index (χ4n) is 1.02. The Balaban J connectivity index is 3.43. The highest BCUT2D eigenvalue weighted by Gasteiger charge is 2.07. The third-order valence-electron chi connectivity index (χ3n) is 1.84. The Morgan fingerprint density at radius 1 is 1.12 bits per heavy atom. The van der Waals surface area contributed by atoms with Crippen LogP contribution >= 0.6 is 0 Å². The van der Waals surface area contributed by atoms with Crippen LogP contribution < -0.4 is 10.0 Å². The first-order valence-electron chi connectivity index (χ1n) is 5.31. The van der Waals surface area contributed by atoms with Gasteiger partial charge in [0.05, 0.1) is 25.6 Å². The van der Waals surface area contributed by atoms with Crippen molar-refractivity contribution in [1.29, 1.82) is 0 Å². The molecule has 0 aromatic heterocycles. The highest BCUT2D eigenvalue weighted by molar-refractivity contribution is 7.89. The Morgan fingerprint density at radius 3 is 2.50 bits per heavy atom. The van der Waals surface area contributed by atoms with E-state index in [1.54, 1.807) is 14.2 Å². The van der Waals surface area contributed by atoms with Crippen LogP contribution in [0.15, 0.2) is 0 Å². The highest BCUT2D eigenvalue weighted by atomic mass is 32.2. The zero-order valence-corrected chi connectivity index (χ0v) is 10.8. The van der Waals surface area contributed by atoms with Crippen molar-refractivity contribution in [2.45, 2.75) is 6.42 Å². The van der Waals surface area contributed by atoms with Gasteiger partial charge in [0, 0.05) is 13.7 Å². The summed E-state index contributed by atoms with van der Waals surface area (Å²) in [6.45, 7) is 2.39. The molecule has 16 heavy (non-hydrogen) atoms. The van der Waals surface area contributed by atoms with Crippen molar-refractivity contribution < 1.29 is 17.9 Å². The van der Waals surface area contributed by atoms with E-state index in [2.05, 4.69) is 10.0 Å². The van der Waals surface area contributed by atoms with Gasteiger partial charge >= 0.3 is 0 Å². The Morgan fingerprint density at radius 2 is 1.88 bits per heavy atom. The molecule has 0 unspecified atom stereocenters. The van der Waals surface area contributed by atoms with Gasteiger partial charge in [0.1, 0.15) is 0 Å². The summed E-state index contributed by atoms with van der Waals surface area (Å²) in [5.74, 6) is 0.145. The molecule has 0 heterocycles. The summed E-state index contributed by atoms with van der Waals surface area (Å²) >= 11 is 0. The largest absolute Gasteiger partial charge is 0.382 e. The van der Waals surface area contributed by atoms with Gasteiger partial charge in [-0.05, 0) is 20.0 Å². The quantitative estimate of drug-likeness (QED) is 0.471. The minimum Gasteiger partial charge on any atom is -0.382 e. The molecule has 0 aromatic rings. The highest BCUT2D eigenvalue weighted by Crippen LogP contribution is 1.88. The second-order valence-corrected chi connectivity index (χ2v) is 5.20. The van der Waals surface area contributed by atoms with Crippen molar-refractivity contribution in [3.8, 4) is 0 Å². The number of hydrogen-bond donors (Lipinski definition) is 2. The molecule has 2 N–H and O–H groups in total. The maximum absolute atomic E-state index is 11.4. The standard InChI is InChI=1S/C9H22N2O4S/c1-10-4-3-9-16(12,13)11-5-6-15-8-7-14-2/h10-11H,3-9H2,1-2H3. The summed E-state index contributed by atoms with van der Waals surface area (Å²) in [6.07, 6.45) is 0.608. The number of nitrogens with one attached hydrogen (secondary N) is 2. The molecule has 7 heteroatoms. The predicted octanol–water partition coefficient (Wildman–Crippen LogP) is -0.822. The van der Waals surface area contributed by atoms with E-state index in [1.807, 2.05) is 0 Å². The molecule has 0 amide bonds. The van der Waals surface area contributed by atoms with Gasteiger partial charge in [-0.15, -0.1) is 0 Å². The lowest BCUT2D eigenvalue weighted by Crippen LogP contribution is -2.30. The first kappa shape index (κ1) is 15.8. The van der Waals surface area contributed by atoms with E-state index < -0.39 is 10.0 Å². The molecule has 0 fully saturated rings. The van der Waals surface area contributed by atoms with Gasteiger partial charge < -0.3 is 14.8 Å². The zero-order valence-electron chi connectivity index (χ0n) is 9.99. The van der Waals surface area contributed by atoms with Crippen LogP contribution in [-0.2, 0) is 19.5 Å². The van der Waals surface area contributed by atoms with Gasteiger partial charge in [-0.3, -0.25) is 0 Å². The van der Waals surface area contributed by atoms with Crippen LogP contribution in [0.1, 0.15) is 6.42 Å². The van der Waals surface area contributed by atoms with E-state index >= 15 is 0 Å². The summed E-state index contributed by atoms with van der Waals surface area (Å²) in [7, 11) is 0.239. The minimum atomic E-state index is -3.15. The van der Waals surface area contributed by atoms with E-state index in [9.17, 15) is 8.42 Å². The summed E-state index contributed by atoms with van der Waals surface area (Å²) in [4.78, 5) is 0. The maximum atomic E-state index is 11.4. The fourth-order valence-corrected chi connectivity index (χ4v) is 2.09. The van der Waals surface area contributed by atoms with Gasteiger partial charge in [-0.1, -0.05) is 0 Å². The summed E-state index contributed by atoms with van der Waals surface area (Å²) in [5.41, 5.74) is 0. The summed E-state index contributed by atoms with van der Waals surface area (Å²) in [6, 6.07) is 0. The van der Waals surface area contributed by atoms with Crippen LogP contribution in [0.5, 0.6) is 0 Å². The maximum Gasteiger partial charge on any atom is 0.211 e. The van der Waals surface area contributed by atoms with Crippen molar-refractivity contribution in [2.24, 2.45) is 0 Å². The average molecular weight is 254 g/mol. The van der Waals surface area contributed by atoms with Crippen LogP contribution in [0.4, 0.5) is 0 Å². The minimum absolute atomic E-state index is 0.145. The second-order valence-electron chi connectivity index (χ2n) is 3.28. The van der Waals surface area contributed by atoms with Gasteiger partial charge in [0.15, 0.2) is 0 Å². The number of methoxy groups -OCH3 is 1. The Kier molecular flexibility index (Phi) is 9.85. The Labute approximate surface area is 97.7 Å². The second kappa shape index (κ2) is 9.98. The van der Waals surface area contributed by atoms with E-state index in [1.165, 1.54) is 0 Å². The molecule has 0 aliphatic rings. The molecule has 0 bridgehead atoms. The predicted molar refractivity (Wildman–Crippen MR) is 63.0 cm³/mol. The number of rotatable bonds is 11. The van der Waals surface area contributed by atoms with Crippen molar-refractivity contribution in [2.75, 3.05) is 52.8 Å². The molecular formula is C9H22N2O4S. The van der Waals surface area contributed by atoms with Crippen molar-refractivity contribution in [3.63, 3.8) is 0 Å². The SMILES string of the molecule is CNCCCS(=O)(=O)NCCOCCOC. The normalized spacial score (nSPS) is 11.9. The van der Waals surface area contributed by atoms with Crippen LogP contribution in [0.2, 0.25) is 0 Å². The molecular weight excluding hydrogens is 232 g/mol. The fraction of sp³-hybridized carbons (Fsp3) is 1.00. The van der Waals surface area contributed by atoms with Crippen molar-refractivity contribution in [3.05, 3.63) is 0 Å². The zero-order chi connectivity index (χ0) is 12.3. The van der Waals surface area contributed by atoms with E-state index in [-0.39, 0.29) is 5.75 Å². The van der Waals surface area contributed by atoms with Gasteiger partial charge in [-0.2, -0.15) is 0 Å². The molecule has 0 rings (SSSR count). The number of ether oxygens (including phenoxy) is 2. The van der Waals surface area contributed by atoms with Gasteiger partial charge in [0.25, 0.3) is 0 Å². The van der Waals surface area contributed by atoms with Gasteiger partial charge in [-0.25, -0.2) is 13.1 Å². The summed E-state index contributed by atoms with van der Waals surface area (Å²) < 4.78 is 35.1. The molecule has 0 aliphatic heterocycles. The molecule has 0 aliphatic carbocycles. The third-order valence-corrected chi connectivity index (χ3v) is 3.31. The first-order chi connectivity index (χ1) is 7.62. The molecule has 0 atom stereocenters. The van der Waals surface area contributed by atoms with Gasteiger partial charge in [0.2, 0.25) is 10.0 Å². The molecule has 0 aromatic carbocycles. The smallest absolute Gasteiger partial charge is 0.211 e. The van der Waals surface area contributed by atoms with E-state index in [0.717, 1.165) is 0 Å². The number of hydrogen-bond acceptors (Lipinski definition) is 5. The van der Waals surface area contributed by atoms with Crippen LogP contribution in [0, 0.1) is 0 Å². The molecule has 0 spiro atoms. The molecule has 0 radical (unpaired) electrons. The Bertz CT molecular complexity index is 244. The van der Waals surface area contributed by atoms with E-state index in [4.69, 9.17) is 9.47 Å². The molecule has 98 valence electrons. The lowest BCUT2D eigenvalue weighted by molar-refractivity contribution is 0.0736. The first-order valence-corrected chi connectivity index (χ1v) is 6.96. The molecule has 0 saturated carbocycles. The van der Waals surface area contributed by atoms with Crippen LogP contribution in [0.3, 0.4) is 0 Å². The molecule has 0 saturated heterocycles. The van der Waals surface area contributed by atoms with Crippen molar-refractivity contribution >= 4 is 10.0 Å². The average Bonchev–Trinajstić information content (AvgIpc) is 2.23. The van der Waals surface area contributed by atoms with Crippen LogP contribution in [-0.4, -0.2) is 61.2 Å². The topological polar surface area (TPSA) is 76.7 Å². The lowest BCUT2D eigenvalue weighted by Gasteiger charge is -2.07. The van der Waals surface area contributed by atoms with E-state index in [0.29, 0.717) is 39.3 Å². The monoisotopic (exact) mass is 254 g/mol. The summed E-state index contributed by atoms with van der Waals surface area (Å²) in [5, 5.41) is 2.90. The lowest BCUT2D eigenvalue weighted by atomic mass is 10.5.